The second-order valence-electron chi connectivity index (χ2n) is 9.52. The summed E-state index contributed by atoms with van der Waals surface area (Å²) < 4.78 is 7.64. The first-order chi connectivity index (χ1) is 15.7. The van der Waals surface area contributed by atoms with Crippen LogP contribution in [0.15, 0.2) is 30.5 Å². The molecule has 4 heterocycles. The monoisotopic (exact) mass is 430 g/mol. The summed E-state index contributed by atoms with van der Waals surface area (Å²) in [6.45, 7) is 5.91. The predicted molar refractivity (Wildman–Crippen MR) is 125 cm³/mol. The fraction of sp³-hybridized carbons (Fsp3) is 0.480. The van der Waals surface area contributed by atoms with Crippen molar-refractivity contribution >= 4 is 22.5 Å². The summed E-state index contributed by atoms with van der Waals surface area (Å²) in [6.07, 6.45) is 7.15. The van der Waals surface area contributed by atoms with Crippen molar-refractivity contribution in [3.8, 4) is 0 Å². The number of hydrogen-bond acceptors (Lipinski definition) is 5. The van der Waals surface area contributed by atoms with Gasteiger partial charge >= 0.3 is 0 Å². The zero-order valence-corrected chi connectivity index (χ0v) is 18.8. The second kappa shape index (κ2) is 7.89. The van der Waals surface area contributed by atoms with Gasteiger partial charge in [-0.1, -0.05) is 32.0 Å². The molecule has 7 heteroatoms. The summed E-state index contributed by atoms with van der Waals surface area (Å²) in [6, 6.07) is 8.91. The van der Waals surface area contributed by atoms with E-state index in [-0.39, 0.29) is 5.92 Å². The molecule has 0 radical (unpaired) electrons. The smallest absolute Gasteiger partial charge is 0.227 e. The van der Waals surface area contributed by atoms with Crippen molar-refractivity contribution in [1.82, 2.24) is 24.6 Å². The van der Waals surface area contributed by atoms with E-state index in [0.29, 0.717) is 18.6 Å². The molecule has 1 unspecified atom stereocenters. The van der Waals surface area contributed by atoms with Crippen molar-refractivity contribution in [3.05, 3.63) is 53.1 Å². The third-order valence-corrected chi connectivity index (χ3v) is 6.99. The average Bonchev–Trinajstić information content (AvgIpc) is 3.41. The number of aryl methyl sites for hydroxylation is 1. The molecule has 0 saturated carbocycles. The number of rotatable bonds is 4. The summed E-state index contributed by atoms with van der Waals surface area (Å²) in [4.78, 5) is 13.6. The van der Waals surface area contributed by atoms with Gasteiger partial charge in [0.15, 0.2) is 5.65 Å². The zero-order valence-electron chi connectivity index (χ0n) is 18.8. The molecule has 166 valence electrons. The van der Waals surface area contributed by atoms with E-state index in [2.05, 4.69) is 53.5 Å². The van der Waals surface area contributed by atoms with Gasteiger partial charge in [0.1, 0.15) is 5.82 Å². The summed E-state index contributed by atoms with van der Waals surface area (Å²) in [5, 5.41) is 9.75. The number of para-hydroxylation sites is 1. The van der Waals surface area contributed by atoms with E-state index >= 15 is 0 Å². The van der Waals surface area contributed by atoms with Gasteiger partial charge in [0, 0.05) is 40.7 Å². The van der Waals surface area contributed by atoms with Gasteiger partial charge in [0.25, 0.3) is 0 Å². The van der Waals surface area contributed by atoms with Crippen LogP contribution in [0.2, 0.25) is 0 Å². The van der Waals surface area contributed by atoms with E-state index in [0.717, 1.165) is 61.7 Å². The lowest BCUT2D eigenvalue weighted by molar-refractivity contribution is 0.0781. The molecule has 2 aliphatic rings. The van der Waals surface area contributed by atoms with Gasteiger partial charge < -0.3 is 15.0 Å². The molecule has 0 amide bonds. The lowest BCUT2D eigenvalue weighted by Crippen LogP contribution is -2.29. The zero-order chi connectivity index (χ0) is 21.7. The molecule has 32 heavy (non-hydrogen) atoms. The quantitative estimate of drug-likeness (QED) is 0.495. The van der Waals surface area contributed by atoms with Crippen LogP contribution in [0, 0.1) is 0 Å². The van der Waals surface area contributed by atoms with Crippen molar-refractivity contribution in [3.63, 3.8) is 0 Å². The molecule has 1 aliphatic carbocycles. The summed E-state index contributed by atoms with van der Waals surface area (Å²) in [5.41, 5.74) is 6.12. The number of nitrogens with one attached hydrogen (secondary N) is 2. The van der Waals surface area contributed by atoms with Crippen LogP contribution >= 0.6 is 0 Å². The molecule has 0 spiro atoms. The Hall–Kier alpha value is -2.93. The molecule has 2 N–H and O–H groups in total. The Bertz CT molecular complexity index is 1270. The molecule has 3 aromatic heterocycles. The van der Waals surface area contributed by atoms with Gasteiger partial charge in [-0.05, 0) is 49.7 Å². The Morgan fingerprint density at radius 2 is 2.09 bits per heavy atom. The molecule has 2 atom stereocenters. The maximum Gasteiger partial charge on any atom is 0.227 e. The van der Waals surface area contributed by atoms with Crippen molar-refractivity contribution in [1.29, 1.82) is 0 Å². The van der Waals surface area contributed by atoms with Gasteiger partial charge in [0.05, 0.1) is 12.8 Å². The maximum absolute atomic E-state index is 5.74. The molecule has 7 nitrogen and oxygen atoms in total. The predicted octanol–water partition coefficient (Wildman–Crippen LogP) is 4.59. The van der Waals surface area contributed by atoms with E-state index < -0.39 is 0 Å². The molecule has 1 saturated heterocycles. The van der Waals surface area contributed by atoms with Crippen LogP contribution in [0.4, 0.5) is 5.95 Å². The highest BCUT2D eigenvalue weighted by Gasteiger charge is 2.26. The number of H-pyrrole nitrogens is 1. The number of aromatic amines is 1. The van der Waals surface area contributed by atoms with E-state index in [1.807, 2.05) is 10.7 Å². The first-order valence-electron chi connectivity index (χ1n) is 11.9. The first-order valence-corrected chi connectivity index (χ1v) is 11.9. The average molecular weight is 431 g/mol. The third-order valence-electron chi connectivity index (χ3n) is 6.99. The lowest BCUT2D eigenvalue weighted by atomic mass is 9.91. The van der Waals surface area contributed by atoms with Crippen LogP contribution in [0.3, 0.4) is 0 Å². The number of aromatic nitrogens is 5. The van der Waals surface area contributed by atoms with Crippen LogP contribution in [0.5, 0.6) is 0 Å². The minimum Gasteiger partial charge on any atom is -0.381 e. The number of benzene rings is 1. The molecule has 4 aromatic rings. The highest BCUT2D eigenvalue weighted by molar-refractivity contribution is 5.85. The Labute approximate surface area is 187 Å². The Kier molecular flexibility index (Phi) is 4.86. The minimum absolute atomic E-state index is 0.246. The van der Waals surface area contributed by atoms with Gasteiger partial charge in [-0.2, -0.15) is 14.6 Å². The van der Waals surface area contributed by atoms with E-state index in [1.54, 1.807) is 0 Å². The van der Waals surface area contributed by atoms with Crippen LogP contribution in [-0.2, 0) is 17.6 Å². The number of fused-ring (bicyclic) bond motifs is 4. The molecule has 0 bridgehead atoms. The van der Waals surface area contributed by atoms with Crippen molar-refractivity contribution in [2.75, 3.05) is 18.5 Å². The molecule has 6 rings (SSSR count). The number of hydrogen-bond donors (Lipinski definition) is 2. The molecule has 1 aliphatic heterocycles. The summed E-state index contributed by atoms with van der Waals surface area (Å²) in [7, 11) is 0. The Morgan fingerprint density at radius 3 is 2.94 bits per heavy atom. The van der Waals surface area contributed by atoms with E-state index in [4.69, 9.17) is 14.7 Å². The van der Waals surface area contributed by atoms with Crippen molar-refractivity contribution in [2.24, 2.45) is 0 Å². The Morgan fingerprint density at radius 1 is 1.19 bits per heavy atom. The van der Waals surface area contributed by atoms with Gasteiger partial charge in [0.2, 0.25) is 5.95 Å². The van der Waals surface area contributed by atoms with Crippen molar-refractivity contribution in [2.45, 2.75) is 63.8 Å². The molecule has 1 aromatic carbocycles. The molecular weight excluding hydrogens is 400 g/mol. The second-order valence-corrected chi connectivity index (χ2v) is 9.52. The fourth-order valence-corrected chi connectivity index (χ4v) is 5.21. The Balaban J connectivity index is 1.36. The van der Waals surface area contributed by atoms with E-state index in [9.17, 15) is 0 Å². The highest BCUT2D eigenvalue weighted by Crippen LogP contribution is 2.31. The minimum atomic E-state index is 0.246. The topological polar surface area (TPSA) is 80.1 Å². The normalized spacial score (nSPS) is 21.3. The maximum atomic E-state index is 5.74. The van der Waals surface area contributed by atoms with Gasteiger partial charge in [-0.3, -0.25) is 0 Å². The first kappa shape index (κ1) is 19.7. The lowest BCUT2D eigenvalue weighted by Gasteiger charge is -2.25. The largest absolute Gasteiger partial charge is 0.381 e. The van der Waals surface area contributed by atoms with E-state index in [1.165, 1.54) is 22.2 Å². The number of anilines is 1. The van der Waals surface area contributed by atoms with Gasteiger partial charge in [-0.25, -0.2) is 4.98 Å². The van der Waals surface area contributed by atoms with Crippen LogP contribution < -0.4 is 5.32 Å². The van der Waals surface area contributed by atoms with Crippen LogP contribution in [0.25, 0.3) is 16.6 Å². The standard InChI is InChI=1S/C25H30N6O/c1-15(2)20-13-26-31-24(20)29-23(16-6-5-11-32-14-16)30-25(31)27-17-9-10-22-19(12-17)18-7-3-4-8-21(18)28-22/h3-4,7-8,13,15-17,28H,5-6,9-12,14H2,1-2H3,(H,27,29,30)/t16?,17-/m1/s1. The third kappa shape index (κ3) is 3.35. The number of nitrogens with zero attached hydrogens (tertiary/aromatic N) is 4. The molecular formula is C25H30N6O. The number of ether oxygens (including phenoxy) is 1. The highest BCUT2D eigenvalue weighted by atomic mass is 16.5. The van der Waals surface area contributed by atoms with Gasteiger partial charge in [-0.15, -0.1) is 0 Å². The fourth-order valence-electron chi connectivity index (χ4n) is 5.21. The van der Waals surface area contributed by atoms with Crippen LogP contribution in [-0.4, -0.2) is 43.8 Å². The SMILES string of the molecule is CC(C)c1cnn2c(N[C@@H]3CCc4[nH]c5ccccc5c4C3)nc(C3CCCOC3)nc12. The molecule has 1 fully saturated rings. The summed E-state index contributed by atoms with van der Waals surface area (Å²) >= 11 is 0. The van der Waals surface area contributed by atoms with Crippen LogP contribution in [0.1, 0.15) is 67.6 Å². The summed E-state index contributed by atoms with van der Waals surface area (Å²) in [5.74, 6) is 2.28. The van der Waals surface area contributed by atoms with Crippen molar-refractivity contribution < 1.29 is 4.74 Å².